The van der Waals surface area contributed by atoms with Crippen LogP contribution in [0.5, 0.6) is 0 Å². The second-order valence-electron chi connectivity index (χ2n) is 4.78. The Bertz CT molecular complexity index is 319. The van der Waals surface area contributed by atoms with Crippen LogP contribution in [0.4, 0.5) is 0 Å². The molecule has 1 saturated heterocycles. The van der Waals surface area contributed by atoms with Crippen LogP contribution in [0.3, 0.4) is 0 Å². The molecule has 2 fully saturated rings. The van der Waals surface area contributed by atoms with Gasteiger partial charge in [-0.15, -0.1) is 0 Å². The van der Waals surface area contributed by atoms with E-state index >= 15 is 0 Å². The second kappa shape index (κ2) is 4.83. The third kappa shape index (κ3) is 2.19. The first kappa shape index (κ1) is 11.4. The maximum atomic E-state index is 7.87. The number of rotatable bonds is 4. The SMILES string of the molecule is C=C1CC[C@@H]2[C@H]1CCN2CC(=N)/C=C\NC. The summed E-state index contributed by atoms with van der Waals surface area (Å²) in [6.07, 6.45) is 7.34. The lowest BCUT2D eigenvalue weighted by atomic mass is 10.0. The Morgan fingerprint density at radius 3 is 3.19 bits per heavy atom. The van der Waals surface area contributed by atoms with Gasteiger partial charge >= 0.3 is 0 Å². The van der Waals surface area contributed by atoms with Crippen molar-refractivity contribution in [1.82, 2.24) is 10.2 Å². The average Bonchev–Trinajstić information content (AvgIpc) is 2.81. The number of hydrogen-bond acceptors (Lipinski definition) is 3. The fourth-order valence-electron chi connectivity index (χ4n) is 2.95. The lowest BCUT2D eigenvalue weighted by Crippen LogP contribution is -2.34. The molecular formula is C13H21N3. The summed E-state index contributed by atoms with van der Waals surface area (Å²) in [5.41, 5.74) is 2.12. The molecule has 3 heteroatoms. The van der Waals surface area contributed by atoms with Gasteiger partial charge < -0.3 is 10.7 Å². The molecule has 1 saturated carbocycles. The summed E-state index contributed by atoms with van der Waals surface area (Å²) in [5.74, 6) is 0.709. The van der Waals surface area contributed by atoms with E-state index in [0.29, 0.717) is 17.7 Å². The van der Waals surface area contributed by atoms with Crippen molar-refractivity contribution >= 4 is 5.71 Å². The fourth-order valence-corrected chi connectivity index (χ4v) is 2.95. The Kier molecular flexibility index (Phi) is 3.44. The van der Waals surface area contributed by atoms with Crippen LogP contribution in [-0.2, 0) is 0 Å². The summed E-state index contributed by atoms with van der Waals surface area (Å²) in [4.78, 5) is 2.45. The minimum atomic E-state index is 0.663. The molecule has 2 aliphatic rings. The van der Waals surface area contributed by atoms with Crippen molar-refractivity contribution in [3.05, 3.63) is 24.4 Å². The number of likely N-dealkylation sites (tertiary alicyclic amines) is 1. The van der Waals surface area contributed by atoms with E-state index in [-0.39, 0.29) is 0 Å². The highest BCUT2D eigenvalue weighted by Crippen LogP contribution is 2.40. The van der Waals surface area contributed by atoms with Gasteiger partial charge in [-0.25, -0.2) is 0 Å². The lowest BCUT2D eigenvalue weighted by Gasteiger charge is -2.22. The van der Waals surface area contributed by atoms with Crippen molar-refractivity contribution in [2.75, 3.05) is 20.1 Å². The van der Waals surface area contributed by atoms with Crippen LogP contribution in [0.2, 0.25) is 0 Å². The zero-order valence-corrected chi connectivity index (χ0v) is 10.00. The van der Waals surface area contributed by atoms with Crippen LogP contribution in [-0.4, -0.2) is 36.8 Å². The Morgan fingerprint density at radius 2 is 2.44 bits per heavy atom. The van der Waals surface area contributed by atoms with Crippen LogP contribution in [0.15, 0.2) is 24.4 Å². The summed E-state index contributed by atoms with van der Waals surface area (Å²) in [5, 5.41) is 10.8. The Hall–Kier alpha value is -1.09. The van der Waals surface area contributed by atoms with Crippen LogP contribution in [0, 0.1) is 11.3 Å². The Morgan fingerprint density at radius 1 is 1.62 bits per heavy atom. The second-order valence-corrected chi connectivity index (χ2v) is 4.78. The summed E-state index contributed by atoms with van der Waals surface area (Å²) in [6.45, 7) is 6.07. The average molecular weight is 219 g/mol. The van der Waals surface area contributed by atoms with Crippen LogP contribution in [0.25, 0.3) is 0 Å². The van der Waals surface area contributed by atoms with Gasteiger partial charge in [-0.05, 0) is 44.0 Å². The number of hydrogen-bond donors (Lipinski definition) is 2. The predicted molar refractivity (Wildman–Crippen MR) is 67.8 cm³/mol. The van der Waals surface area contributed by atoms with E-state index in [1.807, 2.05) is 19.3 Å². The quantitative estimate of drug-likeness (QED) is 0.559. The van der Waals surface area contributed by atoms with Crippen molar-refractivity contribution in [1.29, 1.82) is 5.41 Å². The summed E-state index contributed by atoms with van der Waals surface area (Å²) in [7, 11) is 1.86. The smallest absolute Gasteiger partial charge is 0.0468 e. The Labute approximate surface area is 97.7 Å². The molecule has 0 bridgehead atoms. The molecule has 0 radical (unpaired) electrons. The van der Waals surface area contributed by atoms with Crippen LogP contribution >= 0.6 is 0 Å². The van der Waals surface area contributed by atoms with E-state index in [1.54, 1.807) is 0 Å². The third-order valence-corrected chi connectivity index (χ3v) is 3.77. The molecule has 0 aromatic heterocycles. The molecule has 2 N–H and O–H groups in total. The molecule has 1 aliphatic heterocycles. The van der Waals surface area contributed by atoms with E-state index in [9.17, 15) is 0 Å². The molecule has 16 heavy (non-hydrogen) atoms. The fraction of sp³-hybridized carbons (Fsp3) is 0.615. The van der Waals surface area contributed by atoms with Gasteiger partial charge in [-0.2, -0.15) is 0 Å². The topological polar surface area (TPSA) is 39.1 Å². The first-order chi connectivity index (χ1) is 7.72. The molecule has 0 spiro atoms. The number of fused-ring (bicyclic) bond motifs is 1. The normalized spacial score (nSPS) is 29.9. The highest BCUT2D eigenvalue weighted by Gasteiger charge is 2.39. The highest BCUT2D eigenvalue weighted by molar-refractivity contribution is 5.93. The van der Waals surface area contributed by atoms with E-state index in [4.69, 9.17) is 5.41 Å². The van der Waals surface area contributed by atoms with Gasteiger partial charge in [-0.1, -0.05) is 12.2 Å². The molecule has 0 aromatic carbocycles. The lowest BCUT2D eigenvalue weighted by molar-refractivity contribution is 0.277. The molecule has 3 nitrogen and oxygen atoms in total. The van der Waals surface area contributed by atoms with Crippen molar-refractivity contribution in [3.63, 3.8) is 0 Å². The predicted octanol–water partition coefficient (Wildman–Crippen LogP) is 1.78. The number of nitrogens with one attached hydrogen (secondary N) is 2. The largest absolute Gasteiger partial charge is 0.394 e. The molecule has 2 atom stereocenters. The van der Waals surface area contributed by atoms with E-state index < -0.39 is 0 Å². The van der Waals surface area contributed by atoms with Gasteiger partial charge in [0, 0.05) is 25.3 Å². The molecule has 0 unspecified atom stereocenters. The maximum absolute atomic E-state index is 7.87. The minimum Gasteiger partial charge on any atom is -0.394 e. The molecule has 1 heterocycles. The first-order valence-corrected chi connectivity index (χ1v) is 6.05. The van der Waals surface area contributed by atoms with Crippen molar-refractivity contribution in [2.45, 2.75) is 25.3 Å². The first-order valence-electron chi connectivity index (χ1n) is 6.05. The number of nitrogens with zero attached hydrogens (tertiary/aromatic N) is 1. The summed E-state index contributed by atoms with van der Waals surface area (Å²) in [6, 6.07) is 0.663. The van der Waals surface area contributed by atoms with Crippen molar-refractivity contribution < 1.29 is 0 Å². The van der Waals surface area contributed by atoms with Crippen molar-refractivity contribution in [2.24, 2.45) is 5.92 Å². The Balaban J connectivity index is 1.90. The van der Waals surface area contributed by atoms with Gasteiger partial charge in [0.05, 0.1) is 0 Å². The summed E-state index contributed by atoms with van der Waals surface area (Å²) >= 11 is 0. The van der Waals surface area contributed by atoms with Crippen LogP contribution < -0.4 is 5.32 Å². The minimum absolute atomic E-state index is 0.663. The van der Waals surface area contributed by atoms with Gasteiger partial charge in [0.15, 0.2) is 0 Å². The maximum Gasteiger partial charge on any atom is 0.0468 e. The molecular weight excluding hydrogens is 198 g/mol. The van der Waals surface area contributed by atoms with Crippen molar-refractivity contribution in [3.8, 4) is 0 Å². The monoisotopic (exact) mass is 219 g/mol. The highest BCUT2D eigenvalue weighted by atomic mass is 15.2. The van der Waals surface area contributed by atoms with E-state index in [1.165, 1.54) is 24.8 Å². The zero-order valence-electron chi connectivity index (χ0n) is 10.00. The van der Waals surface area contributed by atoms with Crippen LogP contribution in [0.1, 0.15) is 19.3 Å². The molecule has 88 valence electrons. The van der Waals surface area contributed by atoms with Gasteiger partial charge in [0.1, 0.15) is 0 Å². The zero-order chi connectivity index (χ0) is 11.5. The van der Waals surface area contributed by atoms with Gasteiger partial charge in [-0.3, -0.25) is 4.90 Å². The third-order valence-electron chi connectivity index (χ3n) is 3.77. The molecule has 1 aliphatic carbocycles. The van der Waals surface area contributed by atoms with Gasteiger partial charge in [0.25, 0.3) is 0 Å². The molecule has 0 amide bonds. The molecule has 2 rings (SSSR count). The van der Waals surface area contributed by atoms with Gasteiger partial charge in [0.2, 0.25) is 0 Å². The van der Waals surface area contributed by atoms with E-state index in [0.717, 1.165) is 13.1 Å². The standard InChI is InChI=1S/C13H21N3/c1-10-3-4-13-12(10)6-8-16(13)9-11(14)5-7-15-2/h5,7,12-15H,1,3-4,6,8-9H2,2H3/b7-5-,14-11?/t12-,13+/m0/s1. The van der Waals surface area contributed by atoms with E-state index in [2.05, 4.69) is 16.8 Å². The summed E-state index contributed by atoms with van der Waals surface area (Å²) < 4.78 is 0. The molecule has 0 aromatic rings.